The molecule has 0 bridgehead atoms. The highest BCUT2D eigenvalue weighted by Gasteiger charge is 2.09. The smallest absolute Gasteiger partial charge is 0.255 e. The Balaban J connectivity index is 2.22. The SMILES string of the molecule is Cc1ccc(NC(=O)c2cc(Cl)cc(Cl)c2)cc1I. The monoisotopic (exact) mass is 405 g/mol. The molecule has 2 aromatic rings. The molecule has 19 heavy (non-hydrogen) atoms. The normalized spacial score (nSPS) is 10.3. The number of benzene rings is 2. The van der Waals surface area contributed by atoms with Crippen LogP contribution in [0.25, 0.3) is 0 Å². The van der Waals surface area contributed by atoms with Crippen LogP contribution in [0.15, 0.2) is 36.4 Å². The van der Waals surface area contributed by atoms with Gasteiger partial charge in [0.05, 0.1) is 0 Å². The Labute approximate surface area is 135 Å². The number of halogens is 3. The lowest BCUT2D eigenvalue weighted by Gasteiger charge is -2.07. The molecule has 5 heteroatoms. The molecule has 0 heterocycles. The van der Waals surface area contributed by atoms with E-state index in [4.69, 9.17) is 23.2 Å². The van der Waals surface area contributed by atoms with Gasteiger partial charge in [-0.05, 0) is 65.4 Å². The first kappa shape index (κ1) is 14.6. The lowest BCUT2D eigenvalue weighted by molar-refractivity contribution is 0.102. The van der Waals surface area contributed by atoms with E-state index in [0.29, 0.717) is 15.6 Å². The van der Waals surface area contributed by atoms with Crippen molar-refractivity contribution >= 4 is 57.4 Å². The van der Waals surface area contributed by atoms with Gasteiger partial charge in [-0.3, -0.25) is 4.79 Å². The maximum atomic E-state index is 12.1. The van der Waals surface area contributed by atoms with Crippen molar-refractivity contribution in [3.8, 4) is 0 Å². The second kappa shape index (κ2) is 6.11. The quantitative estimate of drug-likeness (QED) is 0.687. The molecule has 0 atom stereocenters. The zero-order valence-corrected chi connectivity index (χ0v) is 13.7. The Kier molecular flexibility index (Phi) is 4.71. The second-order valence-corrected chi connectivity index (χ2v) is 6.11. The Morgan fingerprint density at radius 3 is 2.32 bits per heavy atom. The van der Waals surface area contributed by atoms with Crippen LogP contribution in [0.1, 0.15) is 15.9 Å². The van der Waals surface area contributed by atoms with Crippen molar-refractivity contribution in [3.05, 3.63) is 61.1 Å². The maximum absolute atomic E-state index is 12.1. The average Bonchev–Trinajstić information content (AvgIpc) is 2.32. The third kappa shape index (κ3) is 3.84. The van der Waals surface area contributed by atoms with Gasteiger partial charge in [-0.25, -0.2) is 0 Å². The Hall–Kier alpha value is -0.780. The van der Waals surface area contributed by atoms with Crippen molar-refractivity contribution in [1.82, 2.24) is 0 Å². The molecule has 0 radical (unpaired) electrons. The third-order valence-electron chi connectivity index (χ3n) is 2.55. The molecule has 0 fully saturated rings. The molecule has 0 aliphatic rings. The van der Waals surface area contributed by atoms with E-state index in [1.807, 2.05) is 25.1 Å². The fourth-order valence-electron chi connectivity index (χ4n) is 1.56. The van der Waals surface area contributed by atoms with Crippen LogP contribution in [-0.4, -0.2) is 5.91 Å². The molecule has 0 saturated heterocycles. The summed E-state index contributed by atoms with van der Waals surface area (Å²) in [7, 11) is 0. The molecule has 2 aromatic carbocycles. The molecule has 0 aliphatic carbocycles. The fraction of sp³-hybridized carbons (Fsp3) is 0.0714. The van der Waals surface area contributed by atoms with E-state index < -0.39 is 0 Å². The summed E-state index contributed by atoms with van der Waals surface area (Å²) in [5.74, 6) is -0.232. The van der Waals surface area contributed by atoms with Gasteiger partial charge < -0.3 is 5.32 Å². The van der Waals surface area contributed by atoms with Gasteiger partial charge in [0.1, 0.15) is 0 Å². The van der Waals surface area contributed by atoms with Crippen molar-refractivity contribution < 1.29 is 4.79 Å². The van der Waals surface area contributed by atoms with Crippen molar-refractivity contribution in [2.45, 2.75) is 6.92 Å². The molecule has 1 N–H and O–H groups in total. The number of rotatable bonds is 2. The van der Waals surface area contributed by atoms with Gasteiger partial charge in [-0.15, -0.1) is 0 Å². The van der Waals surface area contributed by atoms with E-state index in [2.05, 4.69) is 27.9 Å². The molecule has 0 aliphatic heterocycles. The van der Waals surface area contributed by atoms with Gasteiger partial charge in [0.15, 0.2) is 0 Å². The summed E-state index contributed by atoms with van der Waals surface area (Å²) < 4.78 is 1.10. The van der Waals surface area contributed by atoms with Crippen molar-refractivity contribution in [2.75, 3.05) is 5.32 Å². The predicted octanol–water partition coefficient (Wildman–Crippen LogP) is 5.16. The van der Waals surface area contributed by atoms with Gasteiger partial charge in [0.25, 0.3) is 5.91 Å². The van der Waals surface area contributed by atoms with Gasteiger partial charge in [-0.2, -0.15) is 0 Å². The summed E-state index contributed by atoms with van der Waals surface area (Å²) in [6.07, 6.45) is 0. The summed E-state index contributed by atoms with van der Waals surface area (Å²) in [6.45, 7) is 2.02. The highest BCUT2D eigenvalue weighted by Crippen LogP contribution is 2.21. The summed E-state index contributed by atoms with van der Waals surface area (Å²) in [5.41, 5.74) is 2.36. The summed E-state index contributed by atoms with van der Waals surface area (Å²) in [5, 5.41) is 3.70. The highest BCUT2D eigenvalue weighted by atomic mass is 127. The third-order valence-corrected chi connectivity index (χ3v) is 4.15. The lowest BCUT2D eigenvalue weighted by atomic mass is 10.2. The number of carbonyl (C=O) groups excluding carboxylic acids is 1. The van der Waals surface area contributed by atoms with E-state index in [9.17, 15) is 4.79 Å². The molecular weight excluding hydrogens is 396 g/mol. The van der Waals surface area contributed by atoms with Crippen LogP contribution < -0.4 is 5.32 Å². The highest BCUT2D eigenvalue weighted by molar-refractivity contribution is 14.1. The Morgan fingerprint density at radius 1 is 1.11 bits per heavy atom. The van der Waals surface area contributed by atoms with Crippen LogP contribution in [0.5, 0.6) is 0 Å². The number of hydrogen-bond donors (Lipinski definition) is 1. The topological polar surface area (TPSA) is 29.1 Å². The summed E-state index contributed by atoms with van der Waals surface area (Å²) in [6, 6.07) is 10.5. The van der Waals surface area contributed by atoms with E-state index >= 15 is 0 Å². The summed E-state index contributed by atoms with van der Waals surface area (Å²) in [4.78, 5) is 12.1. The molecule has 0 unspecified atom stereocenters. The van der Waals surface area contributed by atoms with Gasteiger partial charge >= 0.3 is 0 Å². The van der Waals surface area contributed by atoms with Crippen molar-refractivity contribution in [2.24, 2.45) is 0 Å². The average molecular weight is 406 g/mol. The largest absolute Gasteiger partial charge is 0.322 e. The van der Waals surface area contributed by atoms with Crippen LogP contribution in [-0.2, 0) is 0 Å². The van der Waals surface area contributed by atoms with E-state index in [1.54, 1.807) is 18.2 Å². The van der Waals surface area contributed by atoms with Crippen LogP contribution in [0.2, 0.25) is 10.0 Å². The van der Waals surface area contributed by atoms with Crippen LogP contribution in [0.4, 0.5) is 5.69 Å². The number of anilines is 1. The molecule has 2 rings (SSSR count). The first-order valence-corrected chi connectivity index (χ1v) is 7.33. The van der Waals surface area contributed by atoms with Gasteiger partial charge in [0.2, 0.25) is 0 Å². The first-order chi connectivity index (χ1) is 8.95. The Bertz CT molecular complexity index is 623. The first-order valence-electron chi connectivity index (χ1n) is 5.49. The standard InChI is InChI=1S/C14H10Cl2INO/c1-8-2-3-12(7-13(8)17)18-14(19)9-4-10(15)6-11(16)5-9/h2-7H,1H3,(H,18,19). The van der Waals surface area contributed by atoms with Gasteiger partial charge in [-0.1, -0.05) is 29.3 Å². The zero-order valence-electron chi connectivity index (χ0n) is 10.0. The molecule has 0 aromatic heterocycles. The minimum Gasteiger partial charge on any atom is -0.322 e. The molecule has 0 spiro atoms. The minimum atomic E-state index is -0.232. The number of amides is 1. The second-order valence-electron chi connectivity index (χ2n) is 4.08. The number of hydrogen-bond acceptors (Lipinski definition) is 1. The molecular formula is C14H10Cl2INO. The van der Waals surface area contributed by atoms with E-state index in [1.165, 1.54) is 5.56 Å². The van der Waals surface area contributed by atoms with E-state index in [-0.39, 0.29) is 5.91 Å². The molecule has 2 nitrogen and oxygen atoms in total. The number of aryl methyl sites for hydroxylation is 1. The van der Waals surface area contributed by atoms with E-state index in [0.717, 1.165) is 9.26 Å². The summed E-state index contributed by atoms with van der Waals surface area (Å²) >= 11 is 14.0. The predicted molar refractivity (Wildman–Crippen MR) is 88.3 cm³/mol. The number of nitrogens with one attached hydrogen (secondary N) is 1. The van der Waals surface area contributed by atoms with Crippen molar-refractivity contribution in [1.29, 1.82) is 0 Å². The Morgan fingerprint density at radius 2 is 1.74 bits per heavy atom. The molecule has 98 valence electrons. The lowest BCUT2D eigenvalue weighted by Crippen LogP contribution is -2.12. The van der Waals surface area contributed by atoms with Crippen LogP contribution in [0, 0.1) is 10.5 Å². The maximum Gasteiger partial charge on any atom is 0.255 e. The zero-order chi connectivity index (χ0) is 14.0. The van der Waals surface area contributed by atoms with Crippen LogP contribution in [0.3, 0.4) is 0 Å². The van der Waals surface area contributed by atoms with Gasteiger partial charge in [0, 0.05) is 24.9 Å². The molecule has 0 saturated carbocycles. The minimum absolute atomic E-state index is 0.232. The van der Waals surface area contributed by atoms with Crippen molar-refractivity contribution in [3.63, 3.8) is 0 Å². The van der Waals surface area contributed by atoms with Crippen LogP contribution >= 0.6 is 45.8 Å². The number of carbonyl (C=O) groups is 1. The molecule has 1 amide bonds. The fourth-order valence-corrected chi connectivity index (χ4v) is 2.60.